The van der Waals surface area contributed by atoms with Crippen molar-refractivity contribution >= 4 is 15.9 Å². The van der Waals surface area contributed by atoms with Crippen molar-refractivity contribution in [2.75, 3.05) is 19.8 Å². The zero-order valence-corrected chi connectivity index (χ0v) is 13.5. The minimum Gasteiger partial charge on any atom is -0.486 e. The van der Waals surface area contributed by atoms with Gasteiger partial charge in [-0.15, -0.1) is 0 Å². The molecule has 2 unspecified atom stereocenters. The monoisotopic (exact) mass is 341 g/mol. The van der Waals surface area contributed by atoms with Gasteiger partial charge in [-0.2, -0.15) is 0 Å². The molecule has 2 atom stereocenters. The van der Waals surface area contributed by atoms with Crippen LogP contribution in [0.15, 0.2) is 16.6 Å². The van der Waals surface area contributed by atoms with Crippen molar-refractivity contribution in [3.63, 3.8) is 0 Å². The summed E-state index contributed by atoms with van der Waals surface area (Å²) in [6.45, 7) is 7.18. The predicted octanol–water partition coefficient (Wildman–Crippen LogP) is 2.88. The Bertz CT molecular complexity index is 508. The molecule has 1 N–H and O–H groups in total. The smallest absolute Gasteiger partial charge is 0.175 e. The quantitative estimate of drug-likeness (QED) is 0.917. The topological polar surface area (TPSA) is 39.7 Å². The van der Waals surface area contributed by atoms with Gasteiger partial charge in [0.15, 0.2) is 11.5 Å². The molecule has 1 aromatic rings. The standard InChI is InChI=1S/C15H20BrNO3/c1-10-15(2,3-4-18-10)17-9-11-7-12(16)14-13(8-11)19-5-6-20-14/h7-8,10,17H,3-6,9H2,1-2H3. The van der Waals surface area contributed by atoms with Gasteiger partial charge >= 0.3 is 0 Å². The van der Waals surface area contributed by atoms with E-state index in [4.69, 9.17) is 14.2 Å². The van der Waals surface area contributed by atoms with Crippen LogP contribution in [0.5, 0.6) is 11.5 Å². The number of halogens is 1. The molecule has 2 heterocycles. The van der Waals surface area contributed by atoms with Crippen LogP contribution < -0.4 is 14.8 Å². The molecule has 1 fully saturated rings. The van der Waals surface area contributed by atoms with E-state index in [1.165, 1.54) is 5.56 Å². The first-order valence-electron chi connectivity index (χ1n) is 7.03. The molecule has 110 valence electrons. The summed E-state index contributed by atoms with van der Waals surface area (Å²) in [5.41, 5.74) is 1.22. The summed E-state index contributed by atoms with van der Waals surface area (Å²) in [5, 5.41) is 3.62. The van der Waals surface area contributed by atoms with Crippen LogP contribution in [0.3, 0.4) is 0 Å². The Kier molecular flexibility index (Phi) is 3.93. The molecule has 0 radical (unpaired) electrons. The van der Waals surface area contributed by atoms with Crippen molar-refractivity contribution in [2.24, 2.45) is 0 Å². The van der Waals surface area contributed by atoms with Crippen molar-refractivity contribution in [3.05, 3.63) is 22.2 Å². The third-order valence-corrected chi connectivity index (χ3v) is 4.83. The maximum Gasteiger partial charge on any atom is 0.175 e. The predicted molar refractivity (Wildman–Crippen MR) is 80.4 cm³/mol. The van der Waals surface area contributed by atoms with Gasteiger partial charge in [-0.1, -0.05) is 0 Å². The SMILES string of the molecule is CC1OCCC1(C)NCc1cc(Br)c2c(c1)OCCO2. The van der Waals surface area contributed by atoms with Crippen molar-refractivity contribution < 1.29 is 14.2 Å². The van der Waals surface area contributed by atoms with E-state index in [1.807, 2.05) is 0 Å². The average Bonchev–Trinajstić information content (AvgIpc) is 2.77. The van der Waals surface area contributed by atoms with Gasteiger partial charge in [0.2, 0.25) is 0 Å². The summed E-state index contributed by atoms with van der Waals surface area (Å²) >= 11 is 3.55. The van der Waals surface area contributed by atoms with Gasteiger partial charge in [0, 0.05) is 18.7 Å². The molecule has 0 spiro atoms. The molecular weight excluding hydrogens is 322 g/mol. The number of nitrogens with one attached hydrogen (secondary N) is 1. The normalized spacial score (nSPS) is 28.6. The van der Waals surface area contributed by atoms with Gasteiger partial charge in [0.25, 0.3) is 0 Å². The second-order valence-electron chi connectivity index (χ2n) is 5.64. The molecule has 0 aromatic heterocycles. The van der Waals surface area contributed by atoms with Crippen LogP contribution in [-0.2, 0) is 11.3 Å². The summed E-state index contributed by atoms with van der Waals surface area (Å²) in [4.78, 5) is 0. The van der Waals surface area contributed by atoms with Crippen molar-refractivity contribution in [2.45, 2.75) is 38.5 Å². The molecule has 20 heavy (non-hydrogen) atoms. The van der Waals surface area contributed by atoms with Gasteiger partial charge < -0.3 is 19.5 Å². The Balaban J connectivity index is 1.73. The number of rotatable bonds is 3. The van der Waals surface area contributed by atoms with Crippen LogP contribution in [-0.4, -0.2) is 31.5 Å². The Morgan fingerprint density at radius 3 is 2.85 bits per heavy atom. The number of benzene rings is 1. The summed E-state index contributed by atoms with van der Waals surface area (Å²) in [7, 11) is 0. The lowest BCUT2D eigenvalue weighted by molar-refractivity contribution is 0.0881. The van der Waals surface area contributed by atoms with Crippen LogP contribution in [0.2, 0.25) is 0 Å². The van der Waals surface area contributed by atoms with Crippen LogP contribution in [0.25, 0.3) is 0 Å². The number of ether oxygens (including phenoxy) is 3. The fourth-order valence-corrected chi connectivity index (χ4v) is 3.24. The summed E-state index contributed by atoms with van der Waals surface area (Å²) in [6, 6.07) is 4.14. The average molecular weight is 342 g/mol. The third kappa shape index (κ3) is 2.67. The molecule has 1 aromatic carbocycles. The molecule has 2 aliphatic heterocycles. The Morgan fingerprint density at radius 2 is 2.10 bits per heavy atom. The maximum absolute atomic E-state index is 5.66. The molecule has 0 saturated carbocycles. The Labute approximate surface area is 127 Å². The van der Waals surface area contributed by atoms with Crippen LogP contribution >= 0.6 is 15.9 Å². The van der Waals surface area contributed by atoms with Gasteiger partial charge in [-0.25, -0.2) is 0 Å². The van der Waals surface area contributed by atoms with Crippen LogP contribution in [0, 0.1) is 0 Å². The van der Waals surface area contributed by atoms with E-state index < -0.39 is 0 Å². The number of fused-ring (bicyclic) bond motifs is 1. The van der Waals surface area contributed by atoms with Gasteiger partial charge in [-0.05, 0) is 53.9 Å². The molecule has 0 aliphatic carbocycles. The third-order valence-electron chi connectivity index (χ3n) is 4.24. The minimum absolute atomic E-state index is 0.0414. The molecule has 0 amide bonds. The highest BCUT2D eigenvalue weighted by Gasteiger charge is 2.36. The lowest BCUT2D eigenvalue weighted by atomic mass is 9.94. The first-order chi connectivity index (χ1) is 9.58. The van der Waals surface area contributed by atoms with Gasteiger partial charge in [0.1, 0.15) is 13.2 Å². The molecule has 3 rings (SSSR count). The second kappa shape index (κ2) is 5.54. The van der Waals surface area contributed by atoms with E-state index in [2.05, 4.69) is 47.2 Å². The Hall–Kier alpha value is -0.780. The van der Waals surface area contributed by atoms with E-state index in [0.29, 0.717) is 13.2 Å². The highest BCUT2D eigenvalue weighted by atomic mass is 79.9. The Morgan fingerprint density at radius 1 is 1.30 bits per heavy atom. The van der Waals surface area contributed by atoms with E-state index in [-0.39, 0.29) is 11.6 Å². The zero-order valence-electron chi connectivity index (χ0n) is 11.9. The molecule has 1 saturated heterocycles. The fourth-order valence-electron chi connectivity index (χ4n) is 2.64. The van der Waals surface area contributed by atoms with Crippen LogP contribution in [0.4, 0.5) is 0 Å². The fraction of sp³-hybridized carbons (Fsp3) is 0.600. The zero-order chi connectivity index (χ0) is 14.2. The molecule has 0 bridgehead atoms. The van der Waals surface area contributed by atoms with E-state index in [1.54, 1.807) is 0 Å². The van der Waals surface area contributed by atoms with E-state index in [0.717, 1.165) is 35.5 Å². The lowest BCUT2D eigenvalue weighted by Gasteiger charge is -2.29. The first kappa shape index (κ1) is 14.2. The van der Waals surface area contributed by atoms with E-state index >= 15 is 0 Å². The van der Waals surface area contributed by atoms with Gasteiger partial charge in [0.05, 0.1) is 10.6 Å². The molecular formula is C15H20BrNO3. The largest absolute Gasteiger partial charge is 0.486 e. The number of hydrogen-bond donors (Lipinski definition) is 1. The van der Waals surface area contributed by atoms with Gasteiger partial charge in [-0.3, -0.25) is 0 Å². The molecule has 4 nitrogen and oxygen atoms in total. The minimum atomic E-state index is 0.0414. The van der Waals surface area contributed by atoms with Crippen molar-refractivity contribution in [1.29, 1.82) is 0 Å². The lowest BCUT2D eigenvalue weighted by Crippen LogP contribution is -2.47. The number of hydrogen-bond acceptors (Lipinski definition) is 4. The van der Waals surface area contributed by atoms with Crippen LogP contribution in [0.1, 0.15) is 25.8 Å². The maximum atomic E-state index is 5.66. The van der Waals surface area contributed by atoms with Crippen molar-refractivity contribution in [3.8, 4) is 11.5 Å². The highest BCUT2D eigenvalue weighted by molar-refractivity contribution is 9.10. The first-order valence-corrected chi connectivity index (χ1v) is 7.82. The summed E-state index contributed by atoms with van der Waals surface area (Å²) in [6.07, 6.45) is 1.28. The molecule has 5 heteroatoms. The second-order valence-corrected chi connectivity index (χ2v) is 6.49. The highest BCUT2D eigenvalue weighted by Crippen LogP contribution is 2.38. The summed E-state index contributed by atoms with van der Waals surface area (Å²) < 4.78 is 17.9. The van der Waals surface area contributed by atoms with E-state index in [9.17, 15) is 0 Å². The van der Waals surface area contributed by atoms with Crippen molar-refractivity contribution in [1.82, 2.24) is 5.32 Å². The molecule has 2 aliphatic rings. The summed E-state index contributed by atoms with van der Waals surface area (Å²) in [5.74, 6) is 1.63.